The Bertz CT molecular complexity index is 617. The van der Waals surface area contributed by atoms with E-state index in [1.807, 2.05) is 0 Å². The average molecular weight is 442 g/mol. The zero-order valence-electron chi connectivity index (χ0n) is 16.3. The summed E-state index contributed by atoms with van der Waals surface area (Å²) in [7, 11) is 0. The molecule has 10 heteroatoms. The van der Waals surface area contributed by atoms with E-state index < -0.39 is 39.9 Å². The van der Waals surface area contributed by atoms with Crippen molar-refractivity contribution in [3.8, 4) is 5.75 Å². The van der Waals surface area contributed by atoms with Crippen LogP contribution in [0.1, 0.15) is 77.6 Å². The highest BCUT2D eigenvalue weighted by molar-refractivity contribution is 7.94. The first-order valence-electron chi connectivity index (χ1n) is 9.65. The van der Waals surface area contributed by atoms with E-state index >= 15 is 0 Å². The molecule has 1 aromatic carbocycles. The van der Waals surface area contributed by atoms with Crippen LogP contribution in [-0.4, -0.2) is 11.2 Å². The van der Waals surface area contributed by atoms with Gasteiger partial charge in [-0.1, -0.05) is 69.7 Å². The molecule has 0 saturated heterocycles. The minimum Gasteiger partial charge on any atom is -0.420 e. The standard InChI is InChI=1S/C19H26F4O5S/c1-2-3-4-5-6-7-8-9-10-11-12-13(24)26-18-14(20)16(22)19(29-28-27-25)17(23)15(18)21/h25H,2-12H2,1H3. The Morgan fingerprint density at radius 2 is 1.31 bits per heavy atom. The summed E-state index contributed by atoms with van der Waals surface area (Å²) in [6, 6.07) is 0. The van der Waals surface area contributed by atoms with Crippen LogP contribution in [0.2, 0.25) is 0 Å². The third-order valence-electron chi connectivity index (χ3n) is 4.28. The molecular weight excluding hydrogens is 416 g/mol. The third-order valence-corrected chi connectivity index (χ3v) is 4.93. The SMILES string of the molecule is CCCCCCCCCCCCC(=O)Oc1c(F)c(F)c(SOOO)c(F)c1F. The molecule has 0 aliphatic carbocycles. The number of ether oxygens (including phenoxy) is 1. The molecule has 0 bridgehead atoms. The number of benzene rings is 1. The summed E-state index contributed by atoms with van der Waals surface area (Å²) >= 11 is -0.285. The minimum absolute atomic E-state index is 0.128. The first-order valence-corrected chi connectivity index (χ1v) is 10.4. The molecule has 0 spiro atoms. The lowest BCUT2D eigenvalue weighted by Gasteiger charge is -2.10. The predicted molar refractivity (Wildman–Crippen MR) is 99.0 cm³/mol. The van der Waals surface area contributed by atoms with Gasteiger partial charge in [0, 0.05) is 6.42 Å². The minimum atomic E-state index is -1.88. The number of unbranched alkanes of at least 4 members (excludes halogenated alkanes) is 9. The molecule has 1 aromatic rings. The van der Waals surface area contributed by atoms with Gasteiger partial charge in [-0.3, -0.25) is 4.79 Å². The van der Waals surface area contributed by atoms with Gasteiger partial charge >= 0.3 is 5.97 Å². The highest BCUT2D eigenvalue weighted by atomic mass is 32.2. The van der Waals surface area contributed by atoms with E-state index in [9.17, 15) is 22.4 Å². The zero-order chi connectivity index (χ0) is 21.6. The number of esters is 1. The average Bonchev–Trinajstić information content (AvgIpc) is 2.71. The van der Waals surface area contributed by atoms with Crippen molar-refractivity contribution < 1.29 is 41.7 Å². The van der Waals surface area contributed by atoms with Gasteiger partial charge in [0.2, 0.25) is 17.4 Å². The number of rotatable bonds is 15. The molecule has 1 N–H and O–H groups in total. The molecule has 0 amide bonds. The van der Waals surface area contributed by atoms with Gasteiger partial charge in [-0.05, 0) is 6.42 Å². The number of halogens is 4. The zero-order valence-corrected chi connectivity index (χ0v) is 17.1. The first-order chi connectivity index (χ1) is 13.9. The van der Waals surface area contributed by atoms with E-state index in [2.05, 4.69) is 21.0 Å². The van der Waals surface area contributed by atoms with Crippen LogP contribution in [0.25, 0.3) is 0 Å². The fourth-order valence-corrected chi connectivity index (χ4v) is 3.15. The summed E-state index contributed by atoms with van der Waals surface area (Å²) in [4.78, 5) is 10.5. The summed E-state index contributed by atoms with van der Waals surface area (Å²) in [5.41, 5.74) is 0. The van der Waals surface area contributed by atoms with Crippen molar-refractivity contribution in [2.45, 2.75) is 82.4 Å². The summed E-state index contributed by atoms with van der Waals surface area (Å²) in [5.74, 6) is -9.89. The third kappa shape index (κ3) is 8.90. The molecule has 0 fully saturated rings. The number of hydrogen-bond donors (Lipinski definition) is 1. The number of hydrogen-bond acceptors (Lipinski definition) is 6. The summed E-state index contributed by atoms with van der Waals surface area (Å²) < 4.78 is 63.6. The Morgan fingerprint density at radius 3 is 1.79 bits per heavy atom. The first kappa shape index (κ1) is 25.7. The van der Waals surface area contributed by atoms with Crippen LogP contribution in [0, 0.1) is 23.3 Å². The van der Waals surface area contributed by atoms with Crippen molar-refractivity contribution in [3.05, 3.63) is 23.3 Å². The maximum absolute atomic E-state index is 13.9. The van der Waals surface area contributed by atoms with E-state index in [0.717, 1.165) is 25.7 Å². The molecular formula is C19H26F4O5S. The second-order valence-electron chi connectivity index (χ2n) is 6.55. The number of carbonyl (C=O) groups is 1. The van der Waals surface area contributed by atoms with Gasteiger partial charge in [0.1, 0.15) is 4.90 Å². The van der Waals surface area contributed by atoms with Crippen molar-refractivity contribution >= 4 is 18.0 Å². The fraction of sp³-hybridized carbons (Fsp3) is 0.632. The molecule has 0 aromatic heterocycles. The van der Waals surface area contributed by atoms with Crippen molar-refractivity contribution in [2.24, 2.45) is 0 Å². The highest BCUT2D eigenvalue weighted by Gasteiger charge is 2.29. The van der Waals surface area contributed by atoms with Gasteiger partial charge in [-0.2, -0.15) is 8.78 Å². The molecule has 0 radical (unpaired) electrons. The van der Waals surface area contributed by atoms with Crippen LogP contribution in [0.3, 0.4) is 0 Å². The van der Waals surface area contributed by atoms with Crippen molar-refractivity contribution in [3.63, 3.8) is 0 Å². The van der Waals surface area contributed by atoms with Crippen molar-refractivity contribution in [1.29, 1.82) is 0 Å². The molecule has 0 heterocycles. The monoisotopic (exact) mass is 442 g/mol. The van der Waals surface area contributed by atoms with Crippen LogP contribution in [0.4, 0.5) is 17.6 Å². The van der Waals surface area contributed by atoms with Gasteiger partial charge in [-0.25, -0.2) is 14.0 Å². The van der Waals surface area contributed by atoms with Crippen LogP contribution < -0.4 is 4.74 Å². The topological polar surface area (TPSA) is 65.0 Å². The normalized spacial score (nSPS) is 11.1. The molecule has 0 saturated carbocycles. The largest absolute Gasteiger partial charge is 0.420 e. The van der Waals surface area contributed by atoms with Crippen LogP contribution in [0.5, 0.6) is 5.75 Å². The van der Waals surface area contributed by atoms with Gasteiger partial charge < -0.3 is 4.74 Å². The van der Waals surface area contributed by atoms with Gasteiger partial charge in [0.05, 0.1) is 12.0 Å². The molecule has 166 valence electrons. The van der Waals surface area contributed by atoms with Crippen LogP contribution in [0.15, 0.2) is 4.90 Å². The lowest BCUT2D eigenvalue weighted by Crippen LogP contribution is -2.12. The van der Waals surface area contributed by atoms with Gasteiger partial charge in [-0.15, -0.1) is 4.33 Å². The maximum atomic E-state index is 13.9. The lowest BCUT2D eigenvalue weighted by atomic mass is 10.1. The van der Waals surface area contributed by atoms with E-state index in [4.69, 9.17) is 5.26 Å². The molecule has 5 nitrogen and oxygen atoms in total. The smallest absolute Gasteiger partial charge is 0.311 e. The van der Waals surface area contributed by atoms with Crippen LogP contribution in [-0.2, 0) is 14.2 Å². The Labute approximate surface area is 171 Å². The molecule has 0 unspecified atom stereocenters. The van der Waals surface area contributed by atoms with Gasteiger partial charge in [0.15, 0.2) is 11.6 Å². The summed E-state index contributed by atoms with van der Waals surface area (Å²) in [6.45, 7) is 2.17. The fourth-order valence-electron chi connectivity index (χ4n) is 2.73. The predicted octanol–water partition coefficient (Wildman–Crippen LogP) is 6.89. The summed E-state index contributed by atoms with van der Waals surface area (Å²) in [5, 5.41) is 11.1. The van der Waals surface area contributed by atoms with Crippen molar-refractivity contribution in [2.75, 3.05) is 0 Å². The highest BCUT2D eigenvalue weighted by Crippen LogP contribution is 2.36. The van der Waals surface area contributed by atoms with E-state index in [0.29, 0.717) is 6.42 Å². The second kappa shape index (κ2) is 14.6. The molecule has 0 aliphatic heterocycles. The molecule has 29 heavy (non-hydrogen) atoms. The quantitative estimate of drug-likeness (QED) is 0.0466. The van der Waals surface area contributed by atoms with E-state index in [1.54, 1.807) is 0 Å². The molecule has 0 atom stereocenters. The molecule has 0 aliphatic rings. The van der Waals surface area contributed by atoms with Gasteiger partial charge in [0.25, 0.3) is 0 Å². The summed E-state index contributed by atoms with van der Waals surface area (Å²) in [6.07, 6.45) is 10.3. The maximum Gasteiger partial charge on any atom is 0.311 e. The van der Waals surface area contributed by atoms with Crippen LogP contribution >= 0.6 is 12.0 Å². The van der Waals surface area contributed by atoms with E-state index in [-0.39, 0.29) is 18.5 Å². The molecule has 1 rings (SSSR count). The Hall–Kier alpha value is -1.36. The Balaban J connectivity index is 2.41. The Morgan fingerprint density at radius 1 is 0.828 bits per heavy atom. The van der Waals surface area contributed by atoms with E-state index in [1.165, 1.54) is 32.1 Å². The Kier molecular flexibility index (Phi) is 12.9. The second-order valence-corrected chi connectivity index (χ2v) is 7.26. The van der Waals surface area contributed by atoms with Crippen molar-refractivity contribution in [1.82, 2.24) is 0 Å². The number of carbonyl (C=O) groups excluding carboxylic acids is 1. The lowest BCUT2D eigenvalue weighted by molar-refractivity contribution is -0.432.